The molecule has 0 spiro atoms. The zero-order chi connectivity index (χ0) is 57.8. The van der Waals surface area contributed by atoms with Gasteiger partial charge in [0.15, 0.2) is 12.1 Å². The standard InChI is InChI=1S/C62H87N2O14P/c1-10-16-19-22-24-26-27-28-29-30-31-34-36-39-51(65)47-55(66)64-57-58(70-45-38-35-32-25-23-20-17-11-2)50(7)53(76-62(57)72-42-13-4)49-73-61-56(63)60(71-46-41-52(69-9)40-37-33-21-18-12-3)59(54(77-61)48-68-8)78-79(67,74-43-14-5)75-44-15-6/h1,13-15,42,50,52-54,56-62H,5-6,11-12,17-18,20-21,23,25,32-33,35,37-41,43-49,63H2,2-4,7-9H3,(H,64,66)/b42-13-/t50-,52-,53-,54-,56-,57-,58+,59-,60-,61-,62+/m1/s1. The molecule has 79 heavy (non-hydrogen) atoms. The number of allylic oxidation sites excluding steroid dienone is 1. The summed E-state index contributed by atoms with van der Waals surface area (Å²) >= 11 is 0. The Labute approximate surface area is 473 Å². The zero-order valence-corrected chi connectivity index (χ0v) is 48.5. The number of ketones is 1. The molecule has 17 heteroatoms. The molecule has 0 radical (unpaired) electrons. The van der Waals surface area contributed by atoms with Crippen molar-refractivity contribution in [3.63, 3.8) is 0 Å². The van der Waals surface area contributed by atoms with Crippen molar-refractivity contribution in [2.24, 2.45) is 11.7 Å². The molecule has 0 aromatic carbocycles. The van der Waals surface area contributed by atoms with E-state index in [0.29, 0.717) is 13.0 Å². The number of amides is 1. The second-order valence-corrected chi connectivity index (χ2v) is 20.4. The number of carbonyl (C=O) groups is 2. The molecule has 0 saturated carbocycles. The third-order valence-corrected chi connectivity index (χ3v) is 14.0. The number of rotatable bonds is 40. The molecule has 11 atom stereocenters. The van der Waals surface area contributed by atoms with Gasteiger partial charge in [-0.15, -0.1) is 19.6 Å². The fourth-order valence-corrected chi connectivity index (χ4v) is 9.83. The fourth-order valence-electron chi connectivity index (χ4n) is 8.51. The molecular weight excluding hydrogens is 1030 g/mol. The predicted molar refractivity (Wildman–Crippen MR) is 306 cm³/mol. The predicted octanol–water partition coefficient (Wildman–Crippen LogP) is 8.68. The van der Waals surface area contributed by atoms with Gasteiger partial charge in [0.05, 0.1) is 69.9 Å². The third kappa shape index (κ3) is 29.8. The molecule has 2 heterocycles. The first-order valence-corrected chi connectivity index (χ1v) is 29.2. The highest BCUT2D eigenvalue weighted by Gasteiger charge is 2.51. The summed E-state index contributed by atoms with van der Waals surface area (Å²) in [4.78, 5) is 26.7. The van der Waals surface area contributed by atoms with Gasteiger partial charge in [-0.3, -0.25) is 23.2 Å². The fraction of sp³-hybridized carbons (Fsp3) is 0.645. The lowest BCUT2D eigenvalue weighted by atomic mass is 9.88. The van der Waals surface area contributed by atoms with Crippen LogP contribution in [-0.4, -0.2) is 127 Å². The van der Waals surface area contributed by atoms with Gasteiger partial charge in [-0.1, -0.05) is 122 Å². The Hall–Kier alpha value is -5.13. The van der Waals surface area contributed by atoms with Crippen LogP contribution in [-0.2, 0) is 65.6 Å². The molecule has 2 rings (SSSR count). The van der Waals surface area contributed by atoms with Gasteiger partial charge >= 0.3 is 7.82 Å². The highest BCUT2D eigenvalue weighted by atomic mass is 31.2. The SMILES string of the molecule is C#CC#CC#CC#CC#CC#CC#CCC(=O)CC(=O)N[C@H]1[C@@H](O/C=C\C)O[C@H](CO[C@@H]2O[C@H](COC)[C@@H](OP(=O)(OCC=C)OCC=C)[C@H](OCC[C@@H](CCCCCCC)OC)[C@H]2N)[C@@H](C)[C@@H]1OCCCCCCCCCC. The molecule has 0 aliphatic carbocycles. The average molecular weight is 1120 g/mol. The van der Waals surface area contributed by atoms with Crippen molar-refractivity contribution in [2.75, 3.05) is 53.9 Å². The maximum atomic E-state index is 14.1. The van der Waals surface area contributed by atoms with E-state index in [2.05, 4.69) is 109 Å². The molecule has 0 aromatic heterocycles. The van der Waals surface area contributed by atoms with E-state index in [1.165, 1.54) is 64.0 Å². The Bertz CT molecular complexity index is 2300. The van der Waals surface area contributed by atoms with Gasteiger partial charge in [0.2, 0.25) is 12.2 Å². The zero-order valence-electron chi connectivity index (χ0n) is 47.7. The Morgan fingerprint density at radius 3 is 1.86 bits per heavy atom. The number of Topliss-reactive ketones (excluding diaryl/α,β-unsaturated/α-hetero) is 1. The lowest BCUT2D eigenvalue weighted by Crippen LogP contribution is -2.65. The van der Waals surface area contributed by atoms with E-state index >= 15 is 0 Å². The largest absolute Gasteiger partial charge is 0.475 e. The Morgan fingerprint density at radius 2 is 1.28 bits per heavy atom. The van der Waals surface area contributed by atoms with Crippen LogP contribution >= 0.6 is 7.82 Å². The summed E-state index contributed by atoms with van der Waals surface area (Å²) in [6, 6.07) is -1.86. The van der Waals surface area contributed by atoms with E-state index in [9.17, 15) is 14.2 Å². The summed E-state index contributed by atoms with van der Waals surface area (Å²) in [6.45, 7) is 15.7. The quantitative estimate of drug-likeness (QED) is 0.0148. The van der Waals surface area contributed by atoms with Crippen molar-refractivity contribution in [1.29, 1.82) is 0 Å². The molecule has 0 bridgehead atoms. The lowest BCUT2D eigenvalue weighted by Gasteiger charge is -2.47. The van der Waals surface area contributed by atoms with Crippen LogP contribution in [0.25, 0.3) is 0 Å². The number of carbonyl (C=O) groups excluding carboxylic acids is 2. The van der Waals surface area contributed by atoms with Crippen LogP contribution in [0, 0.1) is 89.3 Å². The summed E-state index contributed by atoms with van der Waals surface area (Å²) in [6.07, 6.45) is 19.6. The van der Waals surface area contributed by atoms with Crippen LogP contribution in [0.5, 0.6) is 0 Å². The highest BCUT2D eigenvalue weighted by Crippen LogP contribution is 2.52. The topological polar surface area (TPSA) is 191 Å². The van der Waals surface area contributed by atoms with Crippen LogP contribution in [0.3, 0.4) is 0 Å². The molecule has 2 aliphatic heterocycles. The molecule has 2 fully saturated rings. The normalized spacial score (nSPS) is 22.6. The molecular formula is C62H87N2O14P. The lowest BCUT2D eigenvalue weighted by molar-refractivity contribution is -0.294. The van der Waals surface area contributed by atoms with Gasteiger partial charge in [-0.2, -0.15) is 0 Å². The molecule has 2 aliphatic rings. The van der Waals surface area contributed by atoms with E-state index < -0.39 is 87.0 Å². The van der Waals surface area contributed by atoms with Gasteiger partial charge in [-0.05, 0) is 97.2 Å². The number of phosphoric acid groups is 1. The van der Waals surface area contributed by atoms with Crippen molar-refractivity contribution in [3.05, 3.63) is 37.6 Å². The van der Waals surface area contributed by atoms with Gasteiger partial charge < -0.3 is 48.9 Å². The highest BCUT2D eigenvalue weighted by molar-refractivity contribution is 7.48. The van der Waals surface area contributed by atoms with E-state index in [4.69, 9.17) is 63.6 Å². The minimum absolute atomic E-state index is 0.0397. The number of unbranched alkanes of at least 4 members (excludes halogenated alkanes) is 11. The van der Waals surface area contributed by atoms with Crippen molar-refractivity contribution in [1.82, 2.24) is 5.32 Å². The average Bonchev–Trinajstić information content (AvgIpc) is 3.49. The molecule has 0 aromatic rings. The van der Waals surface area contributed by atoms with Gasteiger partial charge in [0, 0.05) is 33.4 Å². The Morgan fingerprint density at radius 1 is 0.709 bits per heavy atom. The molecule has 0 unspecified atom stereocenters. The van der Waals surface area contributed by atoms with Gasteiger partial charge in [-0.25, -0.2) is 4.57 Å². The summed E-state index contributed by atoms with van der Waals surface area (Å²) in [7, 11) is -1.10. The monoisotopic (exact) mass is 1110 g/mol. The Balaban J connectivity index is 2.41. The number of hydrogen-bond acceptors (Lipinski definition) is 15. The summed E-state index contributed by atoms with van der Waals surface area (Å²) < 4.78 is 82.0. The number of nitrogens with one attached hydrogen (secondary N) is 1. The second kappa shape index (κ2) is 44.6. The van der Waals surface area contributed by atoms with E-state index in [-0.39, 0.29) is 45.6 Å². The number of terminal acetylenes is 1. The molecule has 1 amide bonds. The summed E-state index contributed by atoms with van der Waals surface area (Å²) in [5, 5.41) is 2.98. The van der Waals surface area contributed by atoms with Crippen LogP contribution in [0.2, 0.25) is 0 Å². The van der Waals surface area contributed by atoms with Crippen LogP contribution in [0.15, 0.2) is 37.6 Å². The van der Waals surface area contributed by atoms with E-state index in [0.717, 1.165) is 51.4 Å². The minimum atomic E-state index is -4.29. The Kier molecular flexibility index (Phi) is 39.5. The number of nitrogens with two attached hydrogens (primary N) is 1. The number of phosphoric ester groups is 1. The smallest absolute Gasteiger partial charge is 0.471 e. The van der Waals surface area contributed by atoms with Crippen molar-refractivity contribution in [2.45, 2.75) is 198 Å². The van der Waals surface area contributed by atoms with Crippen molar-refractivity contribution < 1.29 is 65.6 Å². The second-order valence-electron chi connectivity index (χ2n) is 18.8. The summed E-state index contributed by atoms with van der Waals surface area (Å²) in [5.41, 5.74) is 7.04. The number of hydrogen-bond donors (Lipinski definition) is 2. The van der Waals surface area contributed by atoms with E-state index in [1.807, 2.05) is 6.92 Å². The minimum Gasteiger partial charge on any atom is -0.471 e. The summed E-state index contributed by atoms with van der Waals surface area (Å²) in [5.74, 6) is 30.8. The first-order chi connectivity index (χ1) is 38.5. The van der Waals surface area contributed by atoms with Crippen LogP contribution < -0.4 is 11.1 Å². The maximum absolute atomic E-state index is 14.1. The van der Waals surface area contributed by atoms with Crippen LogP contribution in [0.1, 0.15) is 137 Å². The number of methoxy groups -OCH3 is 2. The number of ether oxygens (including phenoxy) is 8. The first-order valence-electron chi connectivity index (χ1n) is 27.7. The van der Waals surface area contributed by atoms with Crippen LogP contribution in [0.4, 0.5) is 0 Å². The van der Waals surface area contributed by atoms with Gasteiger partial charge in [0.25, 0.3) is 0 Å². The molecule has 2 saturated heterocycles. The van der Waals surface area contributed by atoms with Crippen molar-refractivity contribution in [3.8, 4) is 83.4 Å². The molecule has 3 N–H and O–H groups in total. The molecule has 434 valence electrons. The molecule has 16 nitrogen and oxygen atoms in total. The third-order valence-electron chi connectivity index (χ3n) is 12.6. The maximum Gasteiger partial charge on any atom is 0.475 e. The first kappa shape index (κ1) is 70.0. The van der Waals surface area contributed by atoms with Crippen molar-refractivity contribution >= 4 is 19.5 Å². The van der Waals surface area contributed by atoms with Gasteiger partial charge in [0.1, 0.15) is 24.4 Å². The van der Waals surface area contributed by atoms with E-state index in [1.54, 1.807) is 20.1 Å².